The average molecular weight is 199 g/mol. The van der Waals surface area contributed by atoms with Crippen LogP contribution in [0, 0.1) is 6.92 Å². The van der Waals surface area contributed by atoms with Gasteiger partial charge >= 0.3 is 0 Å². The van der Waals surface area contributed by atoms with E-state index in [9.17, 15) is 0 Å². The Bertz CT molecular complexity index is 206. The fraction of sp³-hybridized carbons (Fsp3) is 0.333. The summed E-state index contributed by atoms with van der Waals surface area (Å²) < 4.78 is 0. The molecular formula is C9H11Br. The Balaban J connectivity index is 2.81. The van der Waals surface area contributed by atoms with Gasteiger partial charge in [-0.3, -0.25) is 0 Å². The molecule has 1 rings (SSSR count). The number of aryl methyl sites for hydroxylation is 2. The third-order valence-electron chi connectivity index (χ3n) is 1.63. The lowest BCUT2D eigenvalue weighted by molar-refractivity contribution is 1.13. The fourth-order valence-corrected chi connectivity index (χ4v) is 1.42. The SMILES string of the molecule is Cc1ccccc1CCBr. The van der Waals surface area contributed by atoms with Gasteiger partial charge in [0.2, 0.25) is 0 Å². The van der Waals surface area contributed by atoms with Crippen LogP contribution in [0.4, 0.5) is 0 Å². The summed E-state index contributed by atoms with van der Waals surface area (Å²) in [7, 11) is 0. The van der Waals surface area contributed by atoms with Crippen LogP contribution in [0.1, 0.15) is 11.1 Å². The normalized spacial score (nSPS) is 9.80. The van der Waals surface area contributed by atoms with Crippen molar-refractivity contribution in [3.63, 3.8) is 0 Å². The summed E-state index contributed by atoms with van der Waals surface area (Å²) >= 11 is 3.42. The minimum absolute atomic E-state index is 1.05. The predicted molar refractivity (Wildman–Crippen MR) is 48.7 cm³/mol. The maximum absolute atomic E-state index is 3.42. The second-order valence-electron chi connectivity index (χ2n) is 2.37. The summed E-state index contributed by atoms with van der Waals surface area (Å²) in [5.74, 6) is 0. The molecule has 0 fully saturated rings. The molecule has 10 heavy (non-hydrogen) atoms. The molecule has 0 aliphatic carbocycles. The highest BCUT2D eigenvalue weighted by atomic mass is 79.9. The molecule has 0 nitrogen and oxygen atoms in total. The molecule has 0 aliphatic rings. The lowest BCUT2D eigenvalue weighted by atomic mass is 10.1. The van der Waals surface area contributed by atoms with Crippen LogP contribution in [-0.2, 0) is 6.42 Å². The number of hydrogen-bond acceptors (Lipinski definition) is 0. The highest BCUT2D eigenvalue weighted by Crippen LogP contribution is 2.08. The van der Waals surface area contributed by atoms with Crippen molar-refractivity contribution >= 4 is 15.9 Å². The van der Waals surface area contributed by atoms with Gasteiger partial charge in [0.1, 0.15) is 0 Å². The van der Waals surface area contributed by atoms with Crippen molar-refractivity contribution in [2.75, 3.05) is 5.33 Å². The largest absolute Gasteiger partial charge is 0.0924 e. The minimum atomic E-state index is 1.05. The van der Waals surface area contributed by atoms with Crippen LogP contribution in [0.15, 0.2) is 24.3 Å². The molecule has 0 bridgehead atoms. The molecule has 0 radical (unpaired) electrons. The van der Waals surface area contributed by atoms with Gasteiger partial charge in [0, 0.05) is 5.33 Å². The molecule has 0 saturated carbocycles. The van der Waals surface area contributed by atoms with Crippen LogP contribution in [0.3, 0.4) is 0 Å². The zero-order valence-corrected chi connectivity index (χ0v) is 7.69. The van der Waals surface area contributed by atoms with Gasteiger partial charge in [-0.05, 0) is 24.5 Å². The van der Waals surface area contributed by atoms with Gasteiger partial charge in [0.25, 0.3) is 0 Å². The number of halogens is 1. The van der Waals surface area contributed by atoms with Crippen molar-refractivity contribution in [2.45, 2.75) is 13.3 Å². The zero-order valence-electron chi connectivity index (χ0n) is 6.10. The molecule has 54 valence electrons. The lowest BCUT2D eigenvalue weighted by Crippen LogP contribution is -1.88. The van der Waals surface area contributed by atoms with E-state index in [4.69, 9.17) is 0 Å². The van der Waals surface area contributed by atoms with E-state index in [2.05, 4.69) is 47.1 Å². The molecule has 1 aromatic rings. The molecule has 0 spiro atoms. The number of benzene rings is 1. The average Bonchev–Trinajstić information content (AvgIpc) is 1.94. The number of hydrogen-bond donors (Lipinski definition) is 0. The summed E-state index contributed by atoms with van der Waals surface area (Å²) in [5, 5.41) is 1.05. The quantitative estimate of drug-likeness (QED) is 0.642. The number of alkyl halides is 1. The molecule has 1 heteroatoms. The molecular weight excluding hydrogens is 188 g/mol. The molecule has 0 aromatic heterocycles. The first-order valence-corrected chi connectivity index (χ1v) is 4.57. The van der Waals surface area contributed by atoms with Crippen molar-refractivity contribution < 1.29 is 0 Å². The van der Waals surface area contributed by atoms with Crippen LogP contribution in [0.5, 0.6) is 0 Å². The molecule has 0 atom stereocenters. The Morgan fingerprint density at radius 3 is 2.60 bits per heavy atom. The Hall–Kier alpha value is -0.300. The van der Waals surface area contributed by atoms with Crippen molar-refractivity contribution in [3.05, 3.63) is 35.4 Å². The van der Waals surface area contributed by atoms with Crippen molar-refractivity contribution in [1.29, 1.82) is 0 Å². The second kappa shape index (κ2) is 3.77. The van der Waals surface area contributed by atoms with Gasteiger partial charge in [-0.1, -0.05) is 40.2 Å². The van der Waals surface area contributed by atoms with E-state index in [-0.39, 0.29) is 0 Å². The van der Waals surface area contributed by atoms with Crippen LogP contribution < -0.4 is 0 Å². The Labute approximate surface area is 70.4 Å². The maximum Gasteiger partial charge on any atom is 0.00719 e. The van der Waals surface area contributed by atoms with E-state index in [0.717, 1.165) is 11.8 Å². The Kier molecular flexibility index (Phi) is 2.94. The van der Waals surface area contributed by atoms with Gasteiger partial charge in [0.15, 0.2) is 0 Å². The minimum Gasteiger partial charge on any atom is -0.0924 e. The molecule has 0 unspecified atom stereocenters. The van der Waals surface area contributed by atoms with Crippen molar-refractivity contribution in [1.82, 2.24) is 0 Å². The lowest BCUT2D eigenvalue weighted by Gasteiger charge is -2.00. The van der Waals surface area contributed by atoms with E-state index in [1.54, 1.807) is 0 Å². The van der Waals surface area contributed by atoms with Crippen LogP contribution in [0.2, 0.25) is 0 Å². The first kappa shape index (κ1) is 7.80. The number of rotatable bonds is 2. The molecule has 1 aromatic carbocycles. The summed E-state index contributed by atoms with van der Waals surface area (Å²) in [4.78, 5) is 0. The standard InChI is InChI=1S/C9H11Br/c1-8-4-2-3-5-9(8)6-7-10/h2-5H,6-7H2,1H3. The fourth-order valence-electron chi connectivity index (χ4n) is 0.992. The third-order valence-corrected chi connectivity index (χ3v) is 2.02. The monoisotopic (exact) mass is 198 g/mol. The highest BCUT2D eigenvalue weighted by Gasteiger charge is 1.92. The summed E-state index contributed by atoms with van der Waals surface area (Å²) in [6.45, 7) is 2.15. The zero-order chi connectivity index (χ0) is 7.40. The van der Waals surface area contributed by atoms with Gasteiger partial charge < -0.3 is 0 Å². The summed E-state index contributed by atoms with van der Waals surface area (Å²) in [6, 6.07) is 8.49. The Morgan fingerprint density at radius 2 is 2.00 bits per heavy atom. The molecule has 0 saturated heterocycles. The van der Waals surface area contributed by atoms with Gasteiger partial charge in [0.05, 0.1) is 0 Å². The molecule has 0 heterocycles. The van der Waals surface area contributed by atoms with Crippen molar-refractivity contribution in [3.8, 4) is 0 Å². The van der Waals surface area contributed by atoms with Crippen LogP contribution >= 0.6 is 15.9 Å². The molecule has 0 amide bonds. The van der Waals surface area contributed by atoms with Gasteiger partial charge in [-0.15, -0.1) is 0 Å². The first-order valence-electron chi connectivity index (χ1n) is 3.45. The predicted octanol–water partition coefficient (Wildman–Crippen LogP) is 2.93. The second-order valence-corrected chi connectivity index (χ2v) is 3.16. The van der Waals surface area contributed by atoms with E-state index in [0.29, 0.717) is 0 Å². The van der Waals surface area contributed by atoms with Crippen molar-refractivity contribution in [2.24, 2.45) is 0 Å². The van der Waals surface area contributed by atoms with E-state index in [1.807, 2.05) is 0 Å². The van der Waals surface area contributed by atoms with E-state index in [1.165, 1.54) is 11.1 Å². The molecule has 0 N–H and O–H groups in total. The van der Waals surface area contributed by atoms with Gasteiger partial charge in [-0.2, -0.15) is 0 Å². The smallest absolute Gasteiger partial charge is 0.00719 e. The van der Waals surface area contributed by atoms with E-state index < -0.39 is 0 Å². The summed E-state index contributed by atoms with van der Waals surface area (Å²) in [6.07, 6.45) is 1.13. The topological polar surface area (TPSA) is 0 Å². The van der Waals surface area contributed by atoms with Gasteiger partial charge in [-0.25, -0.2) is 0 Å². The first-order chi connectivity index (χ1) is 4.84. The van der Waals surface area contributed by atoms with E-state index >= 15 is 0 Å². The maximum atomic E-state index is 3.42. The highest BCUT2D eigenvalue weighted by molar-refractivity contribution is 9.09. The Morgan fingerprint density at radius 1 is 1.30 bits per heavy atom. The summed E-state index contributed by atoms with van der Waals surface area (Å²) in [5.41, 5.74) is 2.83. The van der Waals surface area contributed by atoms with Crippen LogP contribution in [-0.4, -0.2) is 5.33 Å². The third kappa shape index (κ3) is 1.84. The van der Waals surface area contributed by atoms with Crippen LogP contribution in [0.25, 0.3) is 0 Å². The molecule has 0 aliphatic heterocycles.